The molecule has 2 aromatic heterocycles. The number of hydrogen-bond acceptors (Lipinski definition) is 4. The highest BCUT2D eigenvalue weighted by Gasteiger charge is 2.15. The van der Waals surface area contributed by atoms with Gasteiger partial charge in [0.25, 0.3) is 0 Å². The first-order chi connectivity index (χ1) is 10.3. The van der Waals surface area contributed by atoms with Gasteiger partial charge in [-0.15, -0.1) is 10.2 Å². The van der Waals surface area contributed by atoms with Gasteiger partial charge >= 0.3 is 0 Å². The Morgan fingerprint density at radius 3 is 3.00 bits per heavy atom. The number of carbonyl (C=O) groups excluding carboxylic acids is 1. The minimum atomic E-state index is -0.103. The Bertz CT molecular complexity index is 604. The second-order valence-corrected chi connectivity index (χ2v) is 5.39. The number of aromatic nitrogens is 3. The van der Waals surface area contributed by atoms with Gasteiger partial charge in [-0.3, -0.25) is 9.20 Å². The molecule has 1 aliphatic carbocycles. The maximum absolute atomic E-state index is 11.8. The molecule has 1 amide bonds. The zero-order valence-electron chi connectivity index (χ0n) is 12.0. The molecule has 1 N–H and O–H groups in total. The summed E-state index contributed by atoms with van der Waals surface area (Å²) >= 11 is 0. The van der Waals surface area contributed by atoms with Crippen molar-refractivity contribution in [2.75, 3.05) is 6.61 Å². The molecule has 0 spiro atoms. The molecular formula is C15H20N4O2. The first-order valence-corrected chi connectivity index (χ1v) is 7.50. The third-order valence-corrected chi connectivity index (χ3v) is 3.83. The van der Waals surface area contributed by atoms with Gasteiger partial charge in [0.15, 0.2) is 11.5 Å². The number of pyridine rings is 1. The molecule has 6 nitrogen and oxygen atoms in total. The van der Waals surface area contributed by atoms with Crippen molar-refractivity contribution < 1.29 is 9.53 Å². The Kier molecular flexibility index (Phi) is 4.45. The molecule has 0 radical (unpaired) electrons. The summed E-state index contributed by atoms with van der Waals surface area (Å²) in [5.74, 6) is 0.616. The van der Waals surface area contributed by atoms with Crippen LogP contribution in [-0.2, 0) is 16.1 Å². The molecule has 1 aliphatic rings. The van der Waals surface area contributed by atoms with E-state index in [1.807, 2.05) is 28.8 Å². The SMILES string of the molecule is O=C(COC1CCCCC1)NCc1nnc2ccccn12. The Labute approximate surface area is 123 Å². The van der Waals surface area contributed by atoms with Crippen molar-refractivity contribution in [3.8, 4) is 0 Å². The van der Waals surface area contributed by atoms with Gasteiger partial charge in [0.05, 0.1) is 12.6 Å². The van der Waals surface area contributed by atoms with Crippen molar-refractivity contribution in [3.63, 3.8) is 0 Å². The Hall–Kier alpha value is -1.95. The molecule has 1 saturated carbocycles. The van der Waals surface area contributed by atoms with Crippen LogP contribution in [0.25, 0.3) is 5.65 Å². The molecule has 1 fully saturated rings. The molecule has 0 saturated heterocycles. The monoisotopic (exact) mass is 288 g/mol. The predicted octanol–water partition coefficient (Wildman–Crippen LogP) is 1.69. The molecule has 0 aromatic carbocycles. The van der Waals surface area contributed by atoms with E-state index in [0.717, 1.165) is 24.3 Å². The van der Waals surface area contributed by atoms with Crippen molar-refractivity contribution in [1.29, 1.82) is 0 Å². The number of amides is 1. The fourth-order valence-electron chi connectivity index (χ4n) is 2.67. The summed E-state index contributed by atoms with van der Waals surface area (Å²) in [5.41, 5.74) is 0.778. The van der Waals surface area contributed by atoms with Crippen molar-refractivity contribution in [2.45, 2.75) is 44.8 Å². The topological polar surface area (TPSA) is 68.5 Å². The van der Waals surface area contributed by atoms with E-state index < -0.39 is 0 Å². The molecule has 3 rings (SSSR count). The van der Waals surface area contributed by atoms with Crippen LogP contribution in [0.15, 0.2) is 24.4 Å². The van der Waals surface area contributed by atoms with Crippen LogP contribution in [0.3, 0.4) is 0 Å². The van der Waals surface area contributed by atoms with Crippen LogP contribution in [0.1, 0.15) is 37.9 Å². The van der Waals surface area contributed by atoms with Gasteiger partial charge in [-0.1, -0.05) is 25.3 Å². The normalized spacial score (nSPS) is 16.2. The van der Waals surface area contributed by atoms with E-state index in [0.29, 0.717) is 6.54 Å². The summed E-state index contributed by atoms with van der Waals surface area (Å²) < 4.78 is 7.51. The molecule has 0 aliphatic heterocycles. The average Bonchev–Trinajstić information content (AvgIpc) is 2.95. The Morgan fingerprint density at radius 1 is 1.29 bits per heavy atom. The van der Waals surface area contributed by atoms with Crippen LogP contribution < -0.4 is 5.32 Å². The van der Waals surface area contributed by atoms with E-state index in [4.69, 9.17) is 4.74 Å². The second-order valence-electron chi connectivity index (χ2n) is 5.39. The van der Waals surface area contributed by atoms with Crippen molar-refractivity contribution in [1.82, 2.24) is 19.9 Å². The van der Waals surface area contributed by atoms with Crippen LogP contribution in [-0.4, -0.2) is 33.2 Å². The highest BCUT2D eigenvalue weighted by molar-refractivity contribution is 5.77. The fraction of sp³-hybridized carbons (Fsp3) is 0.533. The summed E-state index contributed by atoms with van der Waals surface area (Å²) in [6, 6.07) is 5.70. The standard InChI is InChI=1S/C15H20N4O2/c20-15(11-21-12-6-2-1-3-7-12)16-10-14-18-17-13-8-4-5-9-19(13)14/h4-5,8-9,12H,1-3,6-7,10-11H2,(H,16,20). The molecule has 21 heavy (non-hydrogen) atoms. The lowest BCUT2D eigenvalue weighted by molar-refractivity contribution is -0.128. The van der Waals surface area contributed by atoms with E-state index in [9.17, 15) is 4.79 Å². The molecule has 0 atom stereocenters. The lowest BCUT2D eigenvalue weighted by Crippen LogP contribution is -2.30. The van der Waals surface area contributed by atoms with Gasteiger partial charge in [-0.25, -0.2) is 0 Å². The zero-order valence-corrected chi connectivity index (χ0v) is 12.0. The third kappa shape index (κ3) is 3.58. The third-order valence-electron chi connectivity index (χ3n) is 3.83. The predicted molar refractivity (Wildman–Crippen MR) is 77.7 cm³/mol. The number of carbonyl (C=O) groups is 1. The van der Waals surface area contributed by atoms with Gasteiger partial charge in [0, 0.05) is 6.20 Å². The molecule has 112 valence electrons. The first-order valence-electron chi connectivity index (χ1n) is 7.50. The first kappa shape index (κ1) is 14.0. The smallest absolute Gasteiger partial charge is 0.246 e. The fourth-order valence-corrected chi connectivity index (χ4v) is 2.67. The summed E-state index contributed by atoms with van der Waals surface area (Å²) in [5, 5.41) is 11.0. The van der Waals surface area contributed by atoms with E-state index in [-0.39, 0.29) is 18.6 Å². The maximum Gasteiger partial charge on any atom is 0.246 e. The van der Waals surface area contributed by atoms with Crippen LogP contribution in [0.4, 0.5) is 0 Å². The van der Waals surface area contributed by atoms with Crippen molar-refractivity contribution in [3.05, 3.63) is 30.2 Å². The lowest BCUT2D eigenvalue weighted by Gasteiger charge is -2.21. The highest BCUT2D eigenvalue weighted by Crippen LogP contribution is 2.19. The Balaban J connectivity index is 1.47. The summed E-state index contributed by atoms with van der Waals surface area (Å²) in [6.45, 7) is 0.486. The summed E-state index contributed by atoms with van der Waals surface area (Å²) in [6.07, 6.45) is 7.97. The maximum atomic E-state index is 11.8. The van der Waals surface area contributed by atoms with Crippen LogP contribution >= 0.6 is 0 Å². The molecule has 6 heteroatoms. The van der Waals surface area contributed by atoms with Gasteiger partial charge in [0.1, 0.15) is 6.61 Å². The number of hydrogen-bond donors (Lipinski definition) is 1. The minimum Gasteiger partial charge on any atom is -0.368 e. The number of rotatable bonds is 5. The van der Waals surface area contributed by atoms with Crippen LogP contribution in [0.5, 0.6) is 0 Å². The number of ether oxygens (including phenoxy) is 1. The van der Waals surface area contributed by atoms with E-state index in [2.05, 4.69) is 15.5 Å². The summed E-state index contributed by atoms with van der Waals surface area (Å²) in [7, 11) is 0. The quantitative estimate of drug-likeness (QED) is 0.909. The minimum absolute atomic E-state index is 0.103. The molecule has 2 heterocycles. The van der Waals surface area contributed by atoms with Gasteiger partial charge in [-0.2, -0.15) is 0 Å². The van der Waals surface area contributed by atoms with E-state index in [1.165, 1.54) is 19.3 Å². The van der Waals surface area contributed by atoms with Crippen molar-refractivity contribution in [2.24, 2.45) is 0 Å². The molecular weight excluding hydrogens is 268 g/mol. The highest BCUT2D eigenvalue weighted by atomic mass is 16.5. The number of nitrogens with zero attached hydrogens (tertiary/aromatic N) is 3. The largest absolute Gasteiger partial charge is 0.368 e. The van der Waals surface area contributed by atoms with Gasteiger partial charge in [0.2, 0.25) is 5.91 Å². The molecule has 0 bridgehead atoms. The average molecular weight is 288 g/mol. The number of fused-ring (bicyclic) bond motifs is 1. The number of nitrogens with one attached hydrogen (secondary N) is 1. The van der Waals surface area contributed by atoms with E-state index in [1.54, 1.807) is 0 Å². The molecule has 2 aromatic rings. The summed E-state index contributed by atoms with van der Waals surface area (Å²) in [4.78, 5) is 11.8. The van der Waals surface area contributed by atoms with E-state index >= 15 is 0 Å². The zero-order chi connectivity index (χ0) is 14.5. The lowest BCUT2D eigenvalue weighted by atomic mass is 9.98. The second kappa shape index (κ2) is 6.67. The van der Waals surface area contributed by atoms with Crippen LogP contribution in [0.2, 0.25) is 0 Å². The van der Waals surface area contributed by atoms with Gasteiger partial charge < -0.3 is 10.1 Å². The van der Waals surface area contributed by atoms with Crippen LogP contribution in [0, 0.1) is 0 Å². The van der Waals surface area contributed by atoms with Gasteiger partial charge in [-0.05, 0) is 25.0 Å². The molecule has 0 unspecified atom stereocenters. The Morgan fingerprint density at radius 2 is 2.14 bits per heavy atom. The van der Waals surface area contributed by atoms with Crippen molar-refractivity contribution >= 4 is 11.6 Å².